The van der Waals surface area contributed by atoms with E-state index in [0.29, 0.717) is 13.2 Å². The highest BCUT2D eigenvalue weighted by molar-refractivity contribution is 5.75. The number of nitrogens with zero attached hydrogens (tertiary/aromatic N) is 1. The first kappa shape index (κ1) is 15.0. The van der Waals surface area contributed by atoms with Gasteiger partial charge in [-0.3, -0.25) is 15.0 Å². The van der Waals surface area contributed by atoms with Gasteiger partial charge in [0.2, 0.25) is 0 Å². The van der Waals surface area contributed by atoms with Gasteiger partial charge in [-0.15, -0.1) is 0 Å². The van der Waals surface area contributed by atoms with Gasteiger partial charge in [-0.2, -0.15) is 0 Å². The number of carboxylic acid groups (broad SMARTS) is 1. The zero-order valence-electron chi connectivity index (χ0n) is 11.8. The fourth-order valence-electron chi connectivity index (χ4n) is 2.43. The largest absolute Gasteiger partial charge is 0.480 e. The highest BCUT2D eigenvalue weighted by Crippen LogP contribution is 2.13. The molecule has 5 heteroatoms. The first-order valence-corrected chi connectivity index (χ1v) is 7.05. The number of nitrogens with one attached hydrogen (secondary N) is 1. The zero-order chi connectivity index (χ0) is 14.4. The van der Waals surface area contributed by atoms with Gasteiger partial charge in [-0.1, -0.05) is 37.3 Å². The van der Waals surface area contributed by atoms with Gasteiger partial charge in [0.25, 0.3) is 0 Å². The molecule has 2 N–H and O–H groups in total. The predicted octanol–water partition coefficient (Wildman–Crippen LogP) is 1.12. The van der Waals surface area contributed by atoms with Crippen LogP contribution in [0, 0.1) is 0 Å². The molecule has 2 rings (SSSR count). The Kier molecular flexibility index (Phi) is 5.52. The minimum Gasteiger partial charge on any atom is -0.480 e. The molecule has 1 aromatic rings. The third-order valence-electron chi connectivity index (χ3n) is 3.60. The third-order valence-corrected chi connectivity index (χ3v) is 3.60. The second-order valence-electron chi connectivity index (χ2n) is 4.98. The Morgan fingerprint density at radius 1 is 1.50 bits per heavy atom. The fourth-order valence-corrected chi connectivity index (χ4v) is 2.43. The summed E-state index contributed by atoms with van der Waals surface area (Å²) in [6.45, 7) is 6.19. The molecule has 0 radical (unpaired) electrons. The molecule has 0 amide bonds. The van der Waals surface area contributed by atoms with Crippen LogP contribution in [0.25, 0.3) is 0 Å². The van der Waals surface area contributed by atoms with Crippen molar-refractivity contribution in [2.75, 3.05) is 32.8 Å². The van der Waals surface area contributed by atoms with Crippen LogP contribution < -0.4 is 5.32 Å². The maximum absolute atomic E-state index is 11.4. The second-order valence-corrected chi connectivity index (χ2v) is 4.98. The van der Waals surface area contributed by atoms with E-state index in [9.17, 15) is 9.90 Å². The molecular formula is C15H22N2O3. The van der Waals surface area contributed by atoms with E-state index < -0.39 is 12.0 Å². The Morgan fingerprint density at radius 3 is 2.90 bits per heavy atom. The molecule has 0 saturated carbocycles. The average Bonchev–Trinajstić information content (AvgIpc) is 2.48. The van der Waals surface area contributed by atoms with Crippen LogP contribution in [0.3, 0.4) is 0 Å². The molecule has 1 heterocycles. The molecular weight excluding hydrogens is 256 g/mol. The molecule has 110 valence electrons. The van der Waals surface area contributed by atoms with Crippen molar-refractivity contribution >= 4 is 5.97 Å². The number of carbonyl (C=O) groups is 1. The van der Waals surface area contributed by atoms with Crippen LogP contribution in [0.5, 0.6) is 0 Å². The molecule has 1 fully saturated rings. The number of benzene rings is 1. The van der Waals surface area contributed by atoms with E-state index in [0.717, 1.165) is 25.2 Å². The molecule has 1 saturated heterocycles. The summed E-state index contributed by atoms with van der Waals surface area (Å²) >= 11 is 0. The normalized spacial score (nSPS) is 21.6. The summed E-state index contributed by atoms with van der Waals surface area (Å²) in [5, 5.41) is 12.4. The average molecular weight is 278 g/mol. The van der Waals surface area contributed by atoms with Crippen LogP contribution >= 0.6 is 0 Å². The van der Waals surface area contributed by atoms with Crippen molar-refractivity contribution in [3.63, 3.8) is 0 Å². The van der Waals surface area contributed by atoms with Crippen LogP contribution in [0.1, 0.15) is 18.5 Å². The molecule has 2 atom stereocenters. The summed E-state index contributed by atoms with van der Waals surface area (Å²) in [5.41, 5.74) is 0.767. The van der Waals surface area contributed by atoms with Gasteiger partial charge in [0.15, 0.2) is 0 Å². The lowest BCUT2D eigenvalue weighted by Gasteiger charge is -2.32. The number of hydrogen-bond acceptors (Lipinski definition) is 4. The molecule has 0 spiro atoms. The van der Waals surface area contributed by atoms with Gasteiger partial charge < -0.3 is 9.84 Å². The monoisotopic (exact) mass is 278 g/mol. The van der Waals surface area contributed by atoms with Crippen LogP contribution in [0.4, 0.5) is 0 Å². The number of ether oxygens (including phenoxy) is 1. The highest BCUT2D eigenvalue weighted by Gasteiger charge is 2.23. The predicted molar refractivity (Wildman–Crippen MR) is 76.7 cm³/mol. The number of rotatable bonds is 6. The maximum atomic E-state index is 11.4. The van der Waals surface area contributed by atoms with Crippen molar-refractivity contribution in [2.45, 2.75) is 19.1 Å². The Labute approximate surface area is 119 Å². The molecule has 1 aromatic carbocycles. The lowest BCUT2D eigenvalue weighted by Crippen LogP contribution is -2.47. The number of likely N-dealkylation sites (N-methyl/N-ethyl adjacent to an activating group) is 1. The van der Waals surface area contributed by atoms with Gasteiger partial charge in [-0.25, -0.2) is 0 Å². The summed E-state index contributed by atoms with van der Waals surface area (Å²) < 4.78 is 5.68. The van der Waals surface area contributed by atoms with Crippen LogP contribution in [-0.2, 0) is 9.53 Å². The number of morpholine rings is 1. The fraction of sp³-hybridized carbons (Fsp3) is 0.533. The van der Waals surface area contributed by atoms with Gasteiger partial charge in [0.05, 0.1) is 12.7 Å². The quantitative estimate of drug-likeness (QED) is 0.816. The van der Waals surface area contributed by atoms with E-state index in [1.165, 1.54) is 0 Å². The summed E-state index contributed by atoms with van der Waals surface area (Å²) in [4.78, 5) is 13.7. The third kappa shape index (κ3) is 4.03. The van der Waals surface area contributed by atoms with Crippen LogP contribution in [0.15, 0.2) is 30.3 Å². The SMILES string of the molecule is CCN1CCOC(CNC(C(=O)O)c2ccccc2)C1. The van der Waals surface area contributed by atoms with Crippen molar-refractivity contribution in [1.29, 1.82) is 0 Å². The van der Waals surface area contributed by atoms with Gasteiger partial charge in [-0.05, 0) is 12.1 Å². The van der Waals surface area contributed by atoms with Gasteiger partial charge in [0, 0.05) is 19.6 Å². The molecule has 0 bridgehead atoms. The van der Waals surface area contributed by atoms with E-state index in [1.54, 1.807) is 0 Å². The number of hydrogen-bond donors (Lipinski definition) is 2. The van der Waals surface area contributed by atoms with Crippen molar-refractivity contribution in [2.24, 2.45) is 0 Å². The zero-order valence-corrected chi connectivity index (χ0v) is 11.8. The lowest BCUT2D eigenvalue weighted by atomic mass is 10.1. The molecule has 1 aliphatic heterocycles. The van der Waals surface area contributed by atoms with Crippen LogP contribution in [-0.4, -0.2) is 54.9 Å². The lowest BCUT2D eigenvalue weighted by molar-refractivity contribution is -0.140. The Bertz CT molecular complexity index is 424. The van der Waals surface area contributed by atoms with Crippen molar-refractivity contribution in [1.82, 2.24) is 10.2 Å². The summed E-state index contributed by atoms with van der Waals surface area (Å²) in [5.74, 6) is -0.862. The Morgan fingerprint density at radius 2 is 2.25 bits per heavy atom. The topological polar surface area (TPSA) is 61.8 Å². The Balaban J connectivity index is 1.91. The first-order valence-electron chi connectivity index (χ1n) is 7.05. The summed E-state index contributed by atoms with van der Waals surface area (Å²) in [6, 6.07) is 8.55. The molecule has 0 aromatic heterocycles. The van der Waals surface area contributed by atoms with Gasteiger partial charge in [0.1, 0.15) is 6.04 Å². The molecule has 1 aliphatic rings. The standard InChI is InChI=1S/C15H22N2O3/c1-2-17-8-9-20-13(11-17)10-16-14(15(18)19)12-6-4-3-5-7-12/h3-7,13-14,16H,2,8-11H2,1H3,(H,18,19). The maximum Gasteiger partial charge on any atom is 0.325 e. The molecule has 0 aliphatic carbocycles. The first-order chi connectivity index (χ1) is 9.70. The highest BCUT2D eigenvalue weighted by atomic mass is 16.5. The summed E-state index contributed by atoms with van der Waals surface area (Å²) in [6.07, 6.45) is 0.0502. The van der Waals surface area contributed by atoms with Gasteiger partial charge >= 0.3 is 5.97 Å². The molecule has 2 unspecified atom stereocenters. The number of aliphatic carboxylic acids is 1. The van der Waals surface area contributed by atoms with Crippen molar-refractivity contribution in [3.8, 4) is 0 Å². The van der Waals surface area contributed by atoms with Crippen molar-refractivity contribution < 1.29 is 14.6 Å². The van der Waals surface area contributed by atoms with Crippen LogP contribution in [0.2, 0.25) is 0 Å². The smallest absolute Gasteiger partial charge is 0.325 e. The van der Waals surface area contributed by atoms with E-state index in [-0.39, 0.29) is 6.10 Å². The molecule has 20 heavy (non-hydrogen) atoms. The van der Waals surface area contributed by atoms with E-state index in [1.807, 2.05) is 30.3 Å². The van der Waals surface area contributed by atoms with E-state index in [2.05, 4.69) is 17.1 Å². The Hall–Kier alpha value is -1.43. The minimum absolute atomic E-state index is 0.0502. The van der Waals surface area contributed by atoms with E-state index in [4.69, 9.17) is 4.74 Å². The molecule has 5 nitrogen and oxygen atoms in total. The van der Waals surface area contributed by atoms with Crippen molar-refractivity contribution in [3.05, 3.63) is 35.9 Å². The second kappa shape index (κ2) is 7.38. The number of carboxylic acids is 1. The summed E-state index contributed by atoms with van der Waals surface area (Å²) in [7, 11) is 0. The van der Waals surface area contributed by atoms with E-state index >= 15 is 0 Å². The minimum atomic E-state index is -0.862.